The zero-order valence-corrected chi connectivity index (χ0v) is 12.5. The summed E-state index contributed by atoms with van der Waals surface area (Å²) in [5.74, 6) is -8.07. The quantitative estimate of drug-likeness (QED) is 0.444. The van der Waals surface area contributed by atoms with E-state index in [0.29, 0.717) is 19.0 Å². The van der Waals surface area contributed by atoms with Gasteiger partial charge in [0.1, 0.15) is 0 Å². The minimum Gasteiger partial charge on any atom is -0.331 e. The third kappa shape index (κ3) is 2.84. The van der Waals surface area contributed by atoms with Crippen LogP contribution >= 0.6 is 0 Å². The van der Waals surface area contributed by atoms with E-state index in [2.05, 4.69) is 4.99 Å². The topological polar surface area (TPSA) is 32.7 Å². The van der Waals surface area contributed by atoms with Crippen LogP contribution in [0.25, 0.3) is 0 Å². The highest BCUT2D eigenvalue weighted by molar-refractivity contribution is 5.96. The molecular weight excluding hydrogens is 300 g/mol. The van der Waals surface area contributed by atoms with Crippen molar-refractivity contribution in [1.29, 1.82) is 0 Å². The maximum Gasteiger partial charge on any atom is 0.257 e. The van der Waals surface area contributed by atoms with Gasteiger partial charge >= 0.3 is 0 Å². The number of carbonyl (C=O) groups excluding carboxylic acids is 1. The van der Waals surface area contributed by atoms with Crippen LogP contribution in [0.2, 0.25) is 0 Å². The Morgan fingerprint density at radius 3 is 2.45 bits per heavy atom. The first-order valence-electron chi connectivity index (χ1n) is 6.80. The number of halogens is 4. The third-order valence-corrected chi connectivity index (χ3v) is 3.70. The molecule has 1 aromatic carbocycles. The molecule has 0 saturated carbocycles. The number of benzene rings is 1. The van der Waals surface area contributed by atoms with Gasteiger partial charge < -0.3 is 4.90 Å². The molecule has 1 aromatic rings. The Morgan fingerprint density at radius 1 is 1.18 bits per heavy atom. The van der Waals surface area contributed by atoms with Crippen molar-refractivity contribution in [2.24, 2.45) is 4.99 Å². The van der Waals surface area contributed by atoms with Crippen molar-refractivity contribution in [2.45, 2.75) is 32.7 Å². The molecule has 1 heterocycles. The first kappa shape index (κ1) is 16.5. The molecule has 1 aliphatic rings. The molecule has 0 atom stereocenters. The Kier molecular flexibility index (Phi) is 4.26. The van der Waals surface area contributed by atoms with Gasteiger partial charge in [-0.05, 0) is 26.8 Å². The van der Waals surface area contributed by atoms with Gasteiger partial charge in [-0.2, -0.15) is 0 Å². The SMILES string of the molecule is CC1=NCCN(C(=O)c2cc(F)c(F)c(F)c2F)C(C)(C)C1. The summed E-state index contributed by atoms with van der Waals surface area (Å²) < 4.78 is 53.5. The summed E-state index contributed by atoms with van der Waals surface area (Å²) in [6.07, 6.45) is 0.451. The highest BCUT2D eigenvalue weighted by Gasteiger charge is 2.35. The highest BCUT2D eigenvalue weighted by Crippen LogP contribution is 2.27. The second-order valence-corrected chi connectivity index (χ2v) is 5.91. The van der Waals surface area contributed by atoms with Crippen LogP contribution in [0.15, 0.2) is 11.1 Å². The molecule has 2 rings (SSSR count). The van der Waals surface area contributed by atoms with E-state index < -0.39 is 40.3 Å². The van der Waals surface area contributed by atoms with Crippen molar-refractivity contribution in [3.8, 4) is 0 Å². The Bertz CT molecular complexity index is 655. The standard InChI is InChI=1S/C15H16F4N2O/c1-8-7-15(2,3)21(5-4-20-8)14(22)9-6-10(16)12(18)13(19)11(9)17/h6H,4-5,7H2,1-3H3. The number of hydrogen-bond donors (Lipinski definition) is 0. The normalized spacial score (nSPS) is 18.0. The number of hydrogen-bond acceptors (Lipinski definition) is 2. The monoisotopic (exact) mass is 316 g/mol. The van der Waals surface area contributed by atoms with Crippen molar-refractivity contribution in [2.75, 3.05) is 13.1 Å². The summed E-state index contributed by atoms with van der Waals surface area (Å²) in [5, 5.41) is 0. The van der Waals surface area contributed by atoms with Crippen LogP contribution in [0.1, 0.15) is 37.6 Å². The number of nitrogens with zero attached hydrogens (tertiary/aromatic N) is 2. The Hall–Kier alpha value is -1.92. The van der Waals surface area contributed by atoms with Gasteiger partial charge in [0.05, 0.1) is 12.1 Å². The minimum absolute atomic E-state index is 0.184. The molecule has 22 heavy (non-hydrogen) atoms. The summed E-state index contributed by atoms with van der Waals surface area (Å²) in [6, 6.07) is 0.394. The maximum atomic E-state index is 13.8. The van der Waals surface area contributed by atoms with Crippen molar-refractivity contribution < 1.29 is 22.4 Å². The van der Waals surface area contributed by atoms with Gasteiger partial charge in [0.25, 0.3) is 5.91 Å². The van der Waals surface area contributed by atoms with Gasteiger partial charge in [-0.3, -0.25) is 9.79 Å². The van der Waals surface area contributed by atoms with Crippen LogP contribution in [0, 0.1) is 23.3 Å². The molecule has 0 unspecified atom stereocenters. The molecule has 0 spiro atoms. The summed E-state index contributed by atoms with van der Waals surface area (Å²) in [5.41, 5.74) is -0.684. The van der Waals surface area contributed by atoms with Crippen LogP contribution in [-0.4, -0.2) is 35.1 Å². The zero-order chi connectivity index (χ0) is 16.7. The van der Waals surface area contributed by atoms with Crippen LogP contribution in [0.4, 0.5) is 17.6 Å². The van der Waals surface area contributed by atoms with E-state index in [-0.39, 0.29) is 6.54 Å². The molecule has 0 saturated heterocycles. The molecule has 1 aliphatic heterocycles. The van der Waals surface area contributed by atoms with E-state index in [0.717, 1.165) is 5.71 Å². The predicted octanol–water partition coefficient (Wildman–Crippen LogP) is 3.33. The summed E-state index contributed by atoms with van der Waals surface area (Å²) in [4.78, 5) is 18.0. The second-order valence-electron chi connectivity index (χ2n) is 5.91. The molecule has 7 heteroatoms. The fraction of sp³-hybridized carbons (Fsp3) is 0.467. The average Bonchev–Trinajstić information content (AvgIpc) is 2.56. The Labute approximate surface area is 125 Å². The lowest BCUT2D eigenvalue weighted by Crippen LogP contribution is -2.49. The molecular formula is C15H16F4N2O. The smallest absolute Gasteiger partial charge is 0.257 e. The predicted molar refractivity (Wildman–Crippen MR) is 74.0 cm³/mol. The van der Waals surface area contributed by atoms with Gasteiger partial charge in [-0.1, -0.05) is 0 Å². The lowest BCUT2D eigenvalue weighted by atomic mass is 9.94. The molecule has 0 bridgehead atoms. The molecule has 120 valence electrons. The fourth-order valence-electron chi connectivity index (χ4n) is 2.67. The van der Waals surface area contributed by atoms with Crippen LogP contribution in [0.3, 0.4) is 0 Å². The van der Waals surface area contributed by atoms with E-state index in [4.69, 9.17) is 0 Å². The van der Waals surface area contributed by atoms with E-state index in [1.165, 1.54) is 4.90 Å². The number of aliphatic imine (C=N–C) groups is 1. The van der Waals surface area contributed by atoms with Gasteiger partial charge in [-0.15, -0.1) is 0 Å². The zero-order valence-electron chi connectivity index (χ0n) is 12.5. The Morgan fingerprint density at radius 2 is 1.82 bits per heavy atom. The molecule has 1 amide bonds. The van der Waals surface area contributed by atoms with Crippen molar-refractivity contribution in [3.05, 3.63) is 34.9 Å². The van der Waals surface area contributed by atoms with Crippen molar-refractivity contribution >= 4 is 11.6 Å². The summed E-state index contributed by atoms with van der Waals surface area (Å²) in [6.45, 7) is 5.82. The lowest BCUT2D eigenvalue weighted by molar-refractivity contribution is 0.0572. The van der Waals surface area contributed by atoms with E-state index in [1.54, 1.807) is 13.8 Å². The summed E-state index contributed by atoms with van der Waals surface area (Å²) >= 11 is 0. The average molecular weight is 316 g/mol. The maximum absolute atomic E-state index is 13.8. The lowest BCUT2D eigenvalue weighted by Gasteiger charge is -2.37. The Balaban J connectivity index is 2.44. The van der Waals surface area contributed by atoms with Crippen LogP contribution in [-0.2, 0) is 0 Å². The van der Waals surface area contributed by atoms with Crippen molar-refractivity contribution in [3.63, 3.8) is 0 Å². The highest BCUT2D eigenvalue weighted by atomic mass is 19.2. The fourth-order valence-corrected chi connectivity index (χ4v) is 2.67. The third-order valence-electron chi connectivity index (χ3n) is 3.70. The van der Waals surface area contributed by atoms with E-state index >= 15 is 0 Å². The number of rotatable bonds is 1. The second kappa shape index (κ2) is 5.70. The molecule has 3 nitrogen and oxygen atoms in total. The number of amides is 1. The molecule has 0 aromatic heterocycles. The first-order valence-corrected chi connectivity index (χ1v) is 6.80. The van der Waals surface area contributed by atoms with Gasteiger partial charge in [0.15, 0.2) is 23.3 Å². The molecule has 0 N–H and O–H groups in total. The van der Waals surface area contributed by atoms with Gasteiger partial charge in [-0.25, -0.2) is 17.6 Å². The minimum atomic E-state index is -1.98. The first-order chi connectivity index (χ1) is 10.1. The molecule has 0 aliphatic carbocycles. The summed E-state index contributed by atoms with van der Waals surface area (Å²) in [7, 11) is 0. The molecule has 0 fully saturated rings. The van der Waals surface area contributed by atoms with E-state index in [1.807, 2.05) is 6.92 Å². The molecule has 0 radical (unpaired) electrons. The van der Waals surface area contributed by atoms with Gasteiger partial charge in [0, 0.05) is 24.2 Å². The van der Waals surface area contributed by atoms with Gasteiger partial charge in [0.2, 0.25) is 0 Å². The van der Waals surface area contributed by atoms with Crippen LogP contribution < -0.4 is 0 Å². The largest absolute Gasteiger partial charge is 0.331 e. The van der Waals surface area contributed by atoms with E-state index in [9.17, 15) is 22.4 Å². The van der Waals surface area contributed by atoms with Crippen molar-refractivity contribution in [1.82, 2.24) is 4.90 Å². The number of carbonyl (C=O) groups is 1. The van der Waals surface area contributed by atoms with Crippen LogP contribution in [0.5, 0.6) is 0 Å².